The van der Waals surface area contributed by atoms with Gasteiger partial charge in [-0.15, -0.1) is 20.4 Å². The van der Waals surface area contributed by atoms with Crippen molar-refractivity contribution in [3.63, 3.8) is 0 Å². The van der Waals surface area contributed by atoms with Gasteiger partial charge in [0.25, 0.3) is 0 Å². The van der Waals surface area contributed by atoms with Crippen molar-refractivity contribution in [2.45, 2.75) is 24.6 Å². The monoisotopic (exact) mass is 476 g/mol. The molecule has 1 fully saturated rings. The van der Waals surface area contributed by atoms with Crippen LogP contribution in [-0.4, -0.2) is 61.9 Å². The lowest BCUT2D eigenvalue weighted by Crippen LogP contribution is -2.39. The largest absolute Gasteiger partial charge is 0.423 e. The summed E-state index contributed by atoms with van der Waals surface area (Å²) in [7, 11) is 2.01. The molecule has 1 aliphatic rings. The number of aryl methyl sites for hydroxylation is 1. The summed E-state index contributed by atoms with van der Waals surface area (Å²) < 4.78 is 13.3. The molecule has 9 heteroatoms. The van der Waals surface area contributed by atoms with Crippen LogP contribution in [0.4, 0.5) is 0 Å². The van der Waals surface area contributed by atoms with Crippen molar-refractivity contribution in [2.24, 2.45) is 7.05 Å². The molecule has 4 aromatic rings. The first-order valence-corrected chi connectivity index (χ1v) is 12.5. The Labute approximate surface area is 203 Å². The molecule has 5 rings (SSSR count). The van der Waals surface area contributed by atoms with Crippen LogP contribution in [0.5, 0.6) is 0 Å². The third-order valence-corrected chi connectivity index (χ3v) is 7.14. The van der Waals surface area contributed by atoms with E-state index in [1.807, 2.05) is 31.3 Å². The van der Waals surface area contributed by atoms with E-state index in [2.05, 4.69) is 61.1 Å². The van der Waals surface area contributed by atoms with Crippen molar-refractivity contribution in [3.05, 3.63) is 66.1 Å². The van der Waals surface area contributed by atoms with Crippen molar-refractivity contribution < 1.29 is 9.15 Å². The molecule has 0 aliphatic carbocycles. The molecule has 0 amide bonds. The molecule has 0 saturated carbocycles. The normalized spacial score (nSPS) is 16.7. The third kappa shape index (κ3) is 5.22. The third-order valence-electron chi connectivity index (χ3n) is 6.03. The van der Waals surface area contributed by atoms with Gasteiger partial charge in [0.05, 0.1) is 12.7 Å². The number of thioether (sulfide) groups is 1. The fourth-order valence-corrected chi connectivity index (χ4v) is 4.93. The minimum absolute atomic E-state index is 0.162. The molecule has 1 aliphatic heterocycles. The molecule has 2 aromatic heterocycles. The number of nitrogens with zero attached hydrogens (tertiary/aromatic N) is 6. The number of rotatable bonds is 8. The lowest BCUT2D eigenvalue weighted by molar-refractivity contribution is -0.0297. The maximum absolute atomic E-state index is 6.02. The van der Waals surface area contributed by atoms with Gasteiger partial charge in [-0.2, -0.15) is 0 Å². The first-order valence-electron chi connectivity index (χ1n) is 11.5. The van der Waals surface area contributed by atoms with Gasteiger partial charge in [-0.05, 0) is 37.6 Å². The average molecular weight is 477 g/mol. The zero-order valence-corrected chi connectivity index (χ0v) is 20.2. The van der Waals surface area contributed by atoms with Crippen LogP contribution in [0.1, 0.15) is 23.7 Å². The van der Waals surface area contributed by atoms with Crippen molar-refractivity contribution >= 4 is 11.8 Å². The smallest absolute Gasteiger partial charge is 0.247 e. The van der Waals surface area contributed by atoms with Crippen molar-refractivity contribution in [3.8, 4) is 22.8 Å². The molecule has 8 nitrogen and oxygen atoms in total. The Hall–Kier alpha value is -3.01. The second-order valence-corrected chi connectivity index (χ2v) is 9.52. The zero-order chi connectivity index (χ0) is 23.3. The summed E-state index contributed by atoms with van der Waals surface area (Å²) in [5.74, 6) is 2.34. The van der Waals surface area contributed by atoms with Gasteiger partial charge in [0.1, 0.15) is 0 Å². The van der Waals surface area contributed by atoms with E-state index in [4.69, 9.17) is 9.15 Å². The highest BCUT2D eigenvalue weighted by atomic mass is 32.2. The zero-order valence-electron chi connectivity index (χ0n) is 19.4. The van der Waals surface area contributed by atoms with Crippen LogP contribution in [0.2, 0.25) is 0 Å². The molecule has 1 atom stereocenters. The van der Waals surface area contributed by atoms with E-state index in [1.54, 1.807) is 11.8 Å². The first-order chi connectivity index (χ1) is 16.7. The molecule has 3 heterocycles. The fourth-order valence-electron chi connectivity index (χ4n) is 4.09. The molecule has 2 aromatic carbocycles. The van der Waals surface area contributed by atoms with Crippen LogP contribution < -0.4 is 0 Å². The van der Waals surface area contributed by atoms with Crippen LogP contribution in [-0.2, 0) is 11.8 Å². The number of morpholine rings is 1. The van der Waals surface area contributed by atoms with E-state index in [-0.39, 0.29) is 6.10 Å². The Kier molecular flexibility index (Phi) is 7.03. The molecular weight excluding hydrogens is 448 g/mol. The van der Waals surface area contributed by atoms with E-state index >= 15 is 0 Å². The van der Waals surface area contributed by atoms with E-state index < -0.39 is 0 Å². The minimum atomic E-state index is 0.162. The molecule has 0 bridgehead atoms. The summed E-state index contributed by atoms with van der Waals surface area (Å²) >= 11 is 1.75. The van der Waals surface area contributed by atoms with Crippen LogP contribution in [0.3, 0.4) is 0 Å². The Morgan fingerprint density at radius 2 is 1.79 bits per heavy atom. The maximum Gasteiger partial charge on any atom is 0.247 e. The van der Waals surface area contributed by atoms with Crippen LogP contribution in [0.15, 0.2) is 64.5 Å². The lowest BCUT2D eigenvalue weighted by atomic mass is 10.1. The Morgan fingerprint density at radius 3 is 2.56 bits per heavy atom. The quantitative estimate of drug-likeness (QED) is 0.273. The van der Waals surface area contributed by atoms with Crippen LogP contribution in [0, 0.1) is 6.92 Å². The van der Waals surface area contributed by atoms with Gasteiger partial charge in [0, 0.05) is 37.0 Å². The summed E-state index contributed by atoms with van der Waals surface area (Å²) in [5, 5.41) is 17.4. The molecule has 1 unspecified atom stereocenters. The predicted molar refractivity (Wildman–Crippen MR) is 131 cm³/mol. The highest BCUT2D eigenvalue weighted by Gasteiger charge is 2.21. The SMILES string of the molecule is Cc1ccc(C2CN(CCCSc3nnc(-c4ccc(-c5nnco5)cc4)n3C)CCO2)cc1. The van der Waals surface area contributed by atoms with E-state index in [0.717, 1.165) is 60.5 Å². The number of ether oxygens (including phenoxy) is 1. The molecule has 34 heavy (non-hydrogen) atoms. The number of hydrogen-bond donors (Lipinski definition) is 0. The summed E-state index contributed by atoms with van der Waals surface area (Å²) in [6.45, 7) is 5.88. The first kappa shape index (κ1) is 22.8. The Balaban J connectivity index is 1.12. The summed E-state index contributed by atoms with van der Waals surface area (Å²) in [6, 6.07) is 16.6. The Bertz CT molecular complexity index is 1190. The van der Waals surface area contributed by atoms with Gasteiger partial charge in [-0.1, -0.05) is 53.7 Å². The van der Waals surface area contributed by atoms with Gasteiger partial charge in [-0.25, -0.2) is 0 Å². The number of benzene rings is 2. The Morgan fingerprint density at radius 1 is 1.00 bits per heavy atom. The van der Waals surface area contributed by atoms with Gasteiger partial charge < -0.3 is 13.7 Å². The van der Waals surface area contributed by atoms with Gasteiger partial charge >= 0.3 is 0 Å². The molecule has 1 saturated heterocycles. The van der Waals surface area contributed by atoms with Crippen molar-refractivity contribution in [2.75, 3.05) is 32.0 Å². The van der Waals surface area contributed by atoms with E-state index in [1.165, 1.54) is 17.5 Å². The fraction of sp³-hybridized carbons (Fsp3) is 0.360. The molecule has 0 radical (unpaired) electrons. The van der Waals surface area contributed by atoms with Crippen molar-refractivity contribution in [1.82, 2.24) is 29.9 Å². The van der Waals surface area contributed by atoms with Gasteiger partial charge in [0.2, 0.25) is 12.3 Å². The topological polar surface area (TPSA) is 82.1 Å². The van der Waals surface area contributed by atoms with Crippen LogP contribution >= 0.6 is 11.8 Å². The van der Waals surface area contributed by atoms with Crippen LogP contribution in [0.25, 0.3) is 22.8 Å². The summed E-state index contributed by atoms with van der Waals surface area (Å²) in [5.41, 5.74) is 4.42. The van der Waals surface area contributed by atoms with Gasteiger partial charge in [0.15, 0.2) is 11.0 Å². The highest BCUT2D eigenvalue weighted by molar-refractivity contribution is 7.99. The lowest BCUT2D eigenvalue weighted by Gasteiger charge is -2.33. The molecular formula is C25H28N6O2S. The van der Waals surface area contributed by atoms with Crippen molar-refractivity contribution in [1.29, 1.82) is 0 Å². The summed E-state index contributed by atoms with van der Waals surface area (Å²) in [4.78, 5) is 2.50. The average Bonchev–Trinajstić information content (AvgIpc) is 3.53. The number of aromatic nitrogens is 5. The van der Waals surface area contributed by atoms with E-state index in [9.17, 15) is 0 Å². The minimum Gasteiger partial charge on any atom is -0.423 e. The van der Waals surface area contributed by atoms with Gasteiger partial charge in [-0.3, -0.25) is 4.90 Å². The van der Waals surface area contributed by atoms with E-state index in [0.29, 0.717) is 5.89 Å². The number of hydrogen-bond acceptors (Lipinski definition) is 8. The summed E-state index contributed by atoms with van der Waals surface area (Å²) in [6.07, 6.45) is 2.58. The second kappa shape index (κ2) is 10.5. The molecule has 0 N–H and O–H groups in total. The molecule has 176 valence electrons. The standard InChI is InChI=1S/C25H28N6O2S/c1-18-4-6-19(7-5-18)22-16-31(13-14-32-22)12-3-15-34-25-29-27-23(30(25)2)20-8-10-21(11-9-20)24-28-26-17-33-24/h4-11,17,22H,3,12-16H2,1-2H3. The maximum atomic E-state index is 6.02. The second-order valence-electron chi connectivity index (χ2n) is 8.46. The predicted octanol–water partition coefficient (Wildman–Crippen LogP) is 4.40. The highest BCUT2D eigenvalue weighted by Crippen LogP contribution is 2.26. The molecule has 0 spiro atoms.